The molecule has 1 atom stereocenters. The van der Waals surface area contributed by atoms with Crippen molar-refractivity contribution in [3.05, 3.63) is 68.2 Å². The highest BCUT2D eigenvalue weighted by atomic mass is 35.5. The van der Waals surface area contributed by atoms with Gasteiger partial charge in [0.2, 0.25) is 0 Å². The molecule has 2 aromatic rings. The summed E-state index contributed by atoms with van der Waals surface area (Å²) >= 11 is 18.3. The fraction of sp³-hybridized carbons (Fsp3) is 0.250. The molecule has 0 bridgehead atoms. The summed E-state index contributed by atoms with van der Waals surface area (Å²) in [6.45, 7) is 4.95. The molecule has 1 nitrogen and oxygen atoms in total. The second kappa shape index (κ2) is 6.82. The van der Waals surface area contributed by atoms with E-state index in [2.05, 4.69) is 18.3 Å². The van der Waals surface area contributed by atoms with Crippen molar-refractivity contribution < 1.29 is 0 Å². The predicted molar refractivity (Wildman–Crippen MR) is 88.2 cm³/mol. The Hall–Kier alpha value is -0.730. The molecule has 2 aromatic carbocycles. The molecule has 20 heavy (non-hydrogen) atoms. The van der Waals surface area contributed by atoms with Gasteiger partial charge in [-0.05, 0) is 48.4 Å². The minimum Gasteiger partial charge on any atom is -0.307 e. The Labute approximate surface area is 134 Å². The zero-order valence-corrected chi connectivity index (χ0v) is 13.7. The van der Waals surface area contributed by atoms with Gasteiger partial charge in [-0.1, -0.05) is 59.9 Å². The summed E-state index contributed by atoms with van der Waals surface area (Å²) in [4.78, 5) is 0. The van der Waals surface area contributed by atoms with Crippen molar-refractivity contribution in [1.29, 1.82) is 0 Å². The summed E-state index contributed by atoms with van der Waals surface area (Å²) in [5.41, 5.74) is 3.30. The Morgan fingerprint density at radius 1 is 1.00 bits per heavy atom. The van der Waals surface area contributed by atoms with Crippen molar-refractivity contribution in [3.63, 3.8) is 0 Å². The third kappa shape index (κ3) is 3.29. The first kappa shape index (κ1) is 15.7. The molecule has 0 aromatic heterocycles. The lowest BCUT2D eigenvalue weighted by Gasteiger charge is -2.22. The van der Waals surface area contributed by atoms with Crippen LogP contribution in [-0.4, -0.2) is 6.54 Å². The van der Waals surface area contributed by atoms with Crippen LogP contribution in [0.4, 0.5) is 0 Å². The molecule has 0 heterocycles. The first-order valence-corrected chi connectivity index (χ1v) is 7.61. The molecule has 106 valence electrons. The Balaban J connectivity index is 2.50. The van der Waals surface area contributed by atoms with Crippen molar-refractivity contribution in [2.24, 2.45) is 0 Å². The van der Waals surface area contributed by atoms with E-state index < -0.39 is 0 Å². The van der Waals surface area contributed by atoms with Crippen molar-refractivity contribution in [2.45, 2.75) is 19.9 Å². The molecule has 0 spiro atoms. The largest absolute Gasteiger partial charge is 0.307 e. The fourth-order valence-electron chi connectivity index (χ4n) is 2.24. The lowest BCUT2D eigenvalue weighted by Crippen LogP contribution is -2.22. The van der Waals surface area contributed by atoms with E-state index in [0.29, 0.717) is 10.0 Å². The zero-order chi connectivity index (χ0) is 14.7. The van der Waals surface area contributed by atoms with Gasteiger partial charge in [0, 0.05) is 5.02 Å². The summed E-state index contributed by atoms with van der Waals surface area (Å²) < 4.78 is 0. The summed E-state index contributed by atoms with van der Waals surface area (Å²) in [5.74, 6) is 0. The minimum absolute atomic E-state index is 0.0495. The van der Waals surface area contributed by atoms with Gasteiger partial charge in [0.1, 0.15) is 0 Å². The van der Waals surface area contributed by atoms with Gasteiger partial charge in [0.15, 0.2) is 0 Å². The Morgan fingerprint density at radius 2 is 1.75 bits per heavy atom. The minimum atomic E-state index is 0.0495. The molecule has 2 rings (SSSR count). The van der Waals surface area contributed by atoms with Gasteiger partial charge in [-0.25, -0.2) is 0 Å². The van der Waals surface area contributed by atoms with Gasteiger partial charge < -0.3 is 5.32 Å². The van der Waals surface area contributed by atoms with Crippen LogP contribution in [0.5, 0.6) is 0 Å². The summed E-state index contributed by atoms with van der Waals surface area (Å²) in [7, 11) is 0. The molecule has 0 radical (unpaired) electrons. The molecule has 0 aliphatic rings. The maximum Gasteiger partial charge on any atom is 0.0595 e. The van der Waals surface area contributed by atoms with Crippen LogP contribution in [0.25, 0.3) is 0 Å². The topological polar surface area (TPSA) is 12.0 Å². The van der Waals surface area contributed by atoms with E-state index in [4.69, 9.17) is 34.8 Å². The van der Waals surface area contributed by atoms with Crippen molar-refractivity contribution in [3.8, 4) is 0 Å². The molecule has 1 N–H and O–H groups in total. The van der Waals surface area contributed by atoms with Crippen LogP contribution in [0.2, 0.25) is 15.1 Å². The predicted octanol–water partition coefficient (Wildman–Crippen LogP) is 5.65. The average molecular weight is 329 g/mol. The Bertz CT molecular complexity index is 611. The monoisotopic (exact) mass is 327 g/mol. The van der Waals surface area contributed by atoms with Crippen LogP contribution in [0, 0.1) is 6.92 Å². The molecule has 0 aliphatic heterocycles. The summed E-state index contributed by atoms with van der Waals surface area (Å²) in [5, 5.41) is 5.36. The average Bonchev–Trinajstić information content (AvgIpc) is 2.43. The number of hydrogen-bond acceptors (Lipinski definition) is 1. The molecular formula is C16H16Cl3N. The number of nitrogens with one attached hydrogen (secondary N) is 1. The number of benzene rings is 2. The SMILES string of the molecule is CCNC(c1ccc(Cl)c(Cl)c1)c1cccc(Cl)c1C. The highest BCUT2D eigenvalue weighted by molar-refractivity contribution is 6.42. The molecule has 0 aliphatic carbocycles. The van der Waals surface area contributed by atoms with Crippen LogP contribution in [0.15, 0.2) is 36.4 Å². The first-order chi connectivity index (χ1) is 9.54. The van der Waals surface area contributed by atoms with Gasteiger partial charge in [-0.15, -0.1) is 0 Å². The van der Waals surface area contributed by atoms with Crippen molar-refractivity contribution in [2.75, 3.05) is 6.54 Å². The Kier molecular flexibility index (Phi) is 5.34. The normalized spacial score (nSPS) is 12.4. The first-order valence-electron chi connectivity index (χ1n) is 6.48. The van der Waals surface area contributed by atoms with E-state index in [1.165, 1.54) is 0 Å². The maximum atomic E-state index is 6.23. The van der Waals surface area contributed by atoms with Gasteiger partial charge in [-0.3, -0.25) is 0 Å². The van der Waals surface area contributed by atoms with Crippen LogP contribution in [0.1, 0.15) is 29.7 Å². The lowest BCUT2D eigenvalue weighted by molar-refractivity contribution is 0.628. The van der Waals surface area contributed by atoms with Crippen LogP contribution < -0.4 is 5.32 Å². The van der Waals surface area contributed by atoms with Crippen LogP contribution in [0.3, 0.4) is 0 Å². The number of hydrogen-bond donors (Lipinski definition) is 1. The van der Waals surface area contributed by atoms with Crippen LogP contribution in [-0.2, 0) is 0 Å². The van der Waals surface area contributed by atoms with E-state index in [1.807, 2.05) is 37.3 Å². The lowest BCUT2D eigenvalue weighted by atomic mass is 9.95. The summed E-state index contributed by atoms with van der Waals surface area (Å²) in [6, 6.07) is 11.7. The smallest absolute Gasteiger partial charge is 0.0595 e. The molecule has 0 saturated carbocycles. The number of halogens is 3. The summed E-state index contributed by atoms with van der Waals surface area (Å²) in [6.07, 6.45) is 0. The molecular weight excluding hydrogens is 313 g/mol. The quantitative estimate of drug-likeness (QED) is 0.764. The molecule has 0 amide bonds. The van der Waals surface area contributed by atoms with Crippen LogP contribution >= 0.6 is 34.8 Å². The standard InChI is InChI=1S/C16H16Cl3N/c1-3-20-16(11-7-8-14(18)15(19)9-11)12-5-4-6-13(17)10(12)2/h4-9,16,20H,3H2,1-2H3. The van der Waals surface area contributed by atoms with E-state index in [-0.39, 0.29) is 6.04 Å². The molecule has 1 unspecified atom stereocenters. The van der Waals surface area contributed by atoms with Gasteiger partial charge >= 0.3 is 0 Å². The third-order valence-electron chi connectivity index (χ3n) is 3.31. The second-order valence-corrected chi connectivity index (χ2v) is 5.84. The van der Waals surface area contributed by atoms with E-state index in [9.17, 15) is 0 Å². The Morgan fingerprint density at radius 3 is 2.40 bits per heavy atom. The van der Waals surface area contributed by atoms with E-state index >= 15 is 0 Å². The highest BCUT2D eigenvalue weighted by Crippen LogP contribution is 2.32. The van der Waals surface area contributed by atoms with Gasteiger partial charge in [-0.2, -0.15) is 0 Å². The van der Waals surface area contributed by atoms with E-state index in [0.717, 1.165) is 28.3 Å². The van der Waals surface area contributed by atoms with Crippen molar-refractivity contribution in [1.82, 2.24) is 5.32 Å². The highest BCUT2D eigenvalue weighted by Gasteiger charge is 2.17. The molecule has 0 saturated heterocycles. The molecule has 4 heteroatoms. The maximum absolute atomic E-state index is 6.23. The second-order valence-electron chi connectivity index (χ2n) is 4.62. The van der Waals surface area contributed by atoms with Crippen molar-refractivity contribution >= 4 is 34.8 Å². The van der Waals surface area contributed by atoms with Gasteiger partial charge in [0.25, 0.3) is 0 Å². The van der Waals surface area contributed by atoms with Gasteiger partial charge in [0.05, 0.1) is 16.1 Å². The molecule has 0 fully saturated rings. The third-order valence-corrected chi connectivity index (χ3v) is 4.45. The zero-order valence-electron chi connectivity index (χ0n) is 11.4. The fourth-order valence-corrected chi connectivity index (χ4v) is 2.73. The number of rotatable bonds is 4. The van der Waals surface area contributed by atoms with E-state index in [1.54, 1.807) is 0 Å².